The Morgan fingerprint density at radius 3 is 2.49 bits per heavy atom. The lowest BCUT2D eigenvalue weighted by Crippen LogP contribution is -2.37. The summed E-state index contributed by atoms with van der Waals surface area (Å²) in [6.07, 6.45) is -3.81. The highest BCUT2D eigenvalue weighted by atomic mass is 19.4. The maximum absolute atomic E-state index is 13.2. The Balaban J connectivity index is 1.20. The molecule has 0 unspecified atom stereocenters. The molecule has 0 bridgehead atoms. The number of aromatic amines is 1. The van der Waals surface area contributed by atoms with Crippen molar-refractivity contribution in [2.45, 2.75) is 57.8 Å². The van der Waals surface area contributed by atoms with Crippen molar-refractivity contribution in [3.8, 4) is 11.1 Å². The Hall–Kier alpha value is -4.22. The molecule has 2 atom stereocenters. The number of hydrogen-bond acceptors (Lipinski definition) is 5. The zero-order valence-corrected chi connectivity index (χ0v) is 21.5. The van der Waals surface area contributed by atoms with E-state index in [1.165, 1.54) is 4.68 Å². The summed E-state index contributed by atoms with van der Waals surface area (Å²) in [5, 5.41) is 23.2. The van der Waals surface area contributed by atoms with E-state index in [0.717, 1.165) is 47.1 Å². The lowest BCUT2D eigenvalue weighted by atomic mass is 9.92. The third kappa shape index (κ3) is 5.10. The zero-order valence-electron chi connectivity index (χ0n) is 21.5. The van der Waals surface area contributed by atoms with Crippen LogP contribution in [0.5, 0.6) is 0 Å². The minimum Gasteiger partial charge on any atom is -0.480 e. The van der Waals surface area contributed by atoms with Gasteiger partial charge in [-0.05, 0) is 61.9 Å². The molecule has 0 saturated heterocycles. The first-order chi connectivity index (χ1) is 18.3. The van der Waals surface area contributed by atoms with Crippen LogP contribution in [0.25, 0.3) is 22.0 Å². The van der Waals surface area contributed by atoms with Gasteiger partial charge in [0.15, 0.2) is 5.82 Å². The number of amides is 1. The van der Waals surface area contributed by atoms with Gasteiger partial charge in [0.25, 0.3) is 0 Å². The first-order valence-electron chi connectivity index (χ1n) is 12.4. The normalized spacial score (nSPS) is 17.4. The molecule has 1 amide bonds. The van der Waals surface area contributed by atoms with E-state index < -0.39 is 17.6 Å². The number of aromatic nitrogens is 5. The van der Waals surface area contributed by atoms with Crippen molar-refractivity contribution in [3.63, 3.8) is 0 Å². The number of carbonyl (C=O) groups is 2. The Labute approximate surface area is 221 Å². The van der Waals surface area contributed by atoms with Gasteiger partial charge in [-0.1, -0.05) is 30.3 Å². The molecule has 1 saturated carbocycles. The predicted octanol–water partition coefficient (Wildman–Crippen LogP) is 4.47. The molecule has 4 aromatic rings. The average Bonchev–Trinajstić information content (AvgIpc) is 3.43. The topological polar surface area (TPSA) is 126 Å². The van der Waals surface area contributed by atoms with Crippen LogP contribution in [0.2, 0.25) is 0 Å². The quantitative estimate of drug-likeness (QED) is 0.303. The molecule has 2 heterocycles. The number of carbonyl (C=O) groups excluding carboxylic acids is 1. The number of fused-ring (bicyclic) bond motifs is 1. The lowest BCUT2D eigenvalue weighted by Gasteiger charge is -2.24. The predicted molar refractivity (Wildman–Crippen MR) is 136 cm³/mol. The highest BCUT2D eigenvalue weighted by Gasteiger charge is 2.51. The molecule has 0 spiro atoms. The Kier molecular flexibility index (Phi) is 6.44. The van der Waals surface area contributed by atoms with Crippen molar-refractivity contribution in [2.24, 2.45) is 5.92 Å². The van der Waals surface area contributed by atoms with Crippen LogP contribution in [0.1, 0.15) is 49.1 Å². The van der Waals surface area contributed by atoms with Crippen molar-refractivity contribution < 1.29 is 27.9 Å². The second kappa shape index (κ2) is 9.51. The van der Waals surface area contributed by atoms with Crippen molar-refractivity contribution in [1.29, 1.82) is 0 Å². The van der Waals surface area contributed by atoms with Crippen molar-refractivity contribution in [1.82, 2.24) is 30.3 Å². The van der Waals surface area contributed by atoms with Gasteiger partial charge in [-0.3, -0.25) is 19.4 Å². The molecule has 12 heteroatoms. The summed E-state index contributed by atoms with van der Waals surface area (Å²) in [5.74, 6) is -1.50. The van der Waals surface area contributed by atoms with Gasteiger partial charge in [-0.2, -0.15) is 23.4 Å². The third-order valence-corrected chi connectivity index (χ3v) is 7.25. The number of aliphatic carboxylic acids is 1. The molecule has 0 aliphatic heterocycles. The van der Waals surface area contributed by atoms with Crippen LogP contribution in [0, 0.1) is 12.8 Å². The second-order valence-corrected chi connectivity index (χ2v) is 10.4. The van der Waals surface area contributed by atoms with Gasteiger partial charge in [0.2, 0.25) is 5.91 Å². The van der Waals surface area contributed by atoms with Gasteiger partial charge in [0, 0.05) is 11.3 Å². The number of H-pyrrole nitrogens is 1. The first kappa shape index (κ1) is 26.4. The number of rotatable bonds is 8. The number of carboxylic acid groups (broad SMARTS) is 1. The highest BCUT2D eigenvalue weighted by molar-refractivity contribution is 5.88. The fourth-order valence-corrected chi connectivity index (χ4v) is 4.63. The smallest absolute Gasteiger partial charge is 0.401 e. The van der Waals surface area contributed by atoms with Crippen LogP contribution in [0.4, 0.5) is 13.2 Å². The van der Waals surface area contributed by atoms with Crippen molar-refractivity contribution in [3.05, 3.63) is 65.4 Å². The highest BCUT2D eigenvalue weighted by Crippen LogP contribution is 2.48. The summed E-state index contributed by atoms with van der Waals surface area (Å²) in [6.45, 7) is 3.62. The van der Waals surface area contributed by atoms with E-state index in [-0.39, 0.29) is 42.5 Å². The molecule has 0 radical (unpaired) electrons. The molecular formula is C27H27F3N6O3. The molecule has 9 nitrogen and oxygen atoms in total. The Bertz CT molecular complexity index is 1560. The largest absolute Gasteiger partial charge is 0.480 e. The van der Waals surface area contributed by atoms with E-state index in [9.17, 15) is 22.8 Å². The summed E-state index contributed by atoms with van der Waals surface area (Å²) in [4.78, 5) is 27.7. The lowest BCUT2D eigenvalue weighted by molar-refractivity contribution is -0.182. The van der Waals surface area contributed by atoms with Crippen LogP contribution in [0.15, 0.2) is 42.5 Å². The van der Waals surface area contributed by atoms with Gasteiger partial charge in [0.05, 0.1) is 17.8 Å². The molecule has 5 rings (SSSR count). The monoisotopic (exact) mass is 540 g/mol. The number of halogens is 3. The molecular weight excluding hydrogens is 513 g/mol. The number of aryl methyl sites for hydroxylation is 1. The van der Waals surface area contributed by atoms with Gasteiger partial charge >= 0.3 is 12.1 Å². The fraction of sp³-hybridized carbons (Fsp3) is 0.370. The molecule has 1 aliphatic rings. The first-order valence-corrected chi connectivity index (χ1v) is 12.4. The van der Waals surface area contributed by atoms with Gasteiger partial charge in [-0.15, -0.1) is 0 Å². The van der Waals surface area contributed by atoms with Gasteiger partial charge in [0.1, 0.15) is 17.8 Å². The molecule has 1 fully saturated rings. The number of alkyl halides is 3. The van der Waals surface area contributed by atoms with E-state index in [2.05, 4.69) is 25.6 Å². The summed E-state index contributed by atoms with van der Waals surface area (Å²) >= 11 is 0. The van der Waals surface area contributed by atoms with E-state index in [0.29, 0.717) is 6.42 Å². The third-order valence-electron chi connectivity index (χ3n) is 7.25. The SMILES string of the molecule is Cc1nn(CC(=O)O)c2ccc(-c3ccc([C@H]4C[C@@H]4C(=O)NCc4nc(C(C)(C)C(F)(F)F)n[nH]4)cc3)cc12. The van der Waals surface area contributed by atoms with E-state index in [1.54, 1.807) is 0 Å². The van der Waals surface area contributed by atoms with Gasteiger partial charge in [-0.25, -0.2) is 4.98 Å². The summed E-state index contributed by atoms with van der Waals surface area (Å²) < 4.78 is 41.1. The fourth-order valence-electron chi connectivity index (χ4n) is 4.63. The summed E-state index contributed by atoms with van der Waals surface area (Å²) in [6, 6.07) is 13.7. The van der Waals surface area contributed by atoms with E-state index in [1.807, 2.05) is 49.4 Å². The molecule has 39 heavy (non-hydrogen) atoms. The van der Waals surface area contributed by atoms with E-state index in [4.69, 9.17) is 5.11 Å². The molecule has 1 aliphatic carbocycles. The van der Waals surface area contributed by atoms with Crippen LogP contribution in [-0.2, 0) is 28.1 Å². The van der Waals surface area contributed by atoms with Crippen LogP contribution in [-0.4, -0.2) is 48.1 Å². The van der Waals surface area contributed by atoms with Crippen molar-refractivity contribution in [2.75, 3.05) is 0 Å². The minimum absolute atomic E-state index is 0.0349. The number of nitrogens with one attached hydrogen (secondary N) is 2. The zero-order chi connectivity index (χ0) is 28.1. The van der Waals surface area contributed by atoms with E-state index >= 15 is 0 Å². The Morgan fingerprint density at radius 1 is 1.13 bits per heavy atom. The van der Waals surface area contributed by atoms with Crippen LogP contribution in [0.3, 0.4) is 0 Å². The molecule has 204 valence electrons. The van der Waals surface area contributed by atoms with Gasteiger partial charge < -0.3 is 10.4 Å². The molecule has 3 N–H and O–H groups in total. The number of nitrogens with zero attached hydrogens (tertiary/aromatic N) is 4. The number of benzene rings is 2. The minimum atomic E-state index is -4.50. The second-order valence-electron chi connectivity index (χ2n) is 10.4. The number of carboxylic acids is 1. The summed E-state index contributed by atoms with van der Waals surface area (Å²) in [5.41, 5.74) is 2.29. The number of hydrogen-bond donors (Lipinski definition) is 3. The molecule has 2 aromatic carbocycles. The van der Waals surface area contributed by atoms with Crippen molar-refractivity contribution >= 4 is 22.8 Å². The summed E-state index contributed by atoms with van der Waals surface area (Å²) in [7, 11) is 0. The molecule has 2 aromatic heterocycles. The maximum Gasteiger partial charge on any atom is 0.401 e. The Morgan fingerprint density at radius 2 is 1.82 bits per heavy atom. The maximum atomic E-state index is 13.2. The van der Waals surface area contributed by atoms with Crippen LogP contribution < -0.4 is 5.32 Å². The van der Waals surface area contributed by atoms with Crippen LogP contribution >= 0.6 is 0 Å². The standard InChI is InChI=1S/C27H27F3N6O3/c1-14-18-10-17(8-9-21(18)36(35-14)13-23(37)38)15-4-6-16(7-5-15)19-11-20(19)24(39)31-12-22-32-25(34-33-22)26(2,3)27(28,29)30/h4-10,19-20H,11-13H2,1-3H3,(H,31,39)(H,37,38)(H,32,33,34)/t19-,20+/m1/s1. The average molecular weight is 541 g/mol.